The van der Waals surface area contributed by atoms with E-state index >= 15 is 0 Å². The van der Waals surface area contributed by atoms with Gasteiger partial charge < -0.3 is 0 Å². The summed E-state index contributed by atoms with van der Waals surface area (Å²) in [7, 11) is 0. The average Bonchev–Trinajstić information content (AvgIpc) is 2.75. The van der Waals surface area contributed by atoms with E-state index in [1.165, 1.54) is 16.5 Å². The molecule has 4 heteroatoms. The van der Waals surface area contributed by atoms with Crippen LogP contribution in [0.3, 0.4) is 0 Å². The molecular weight excluding hydrogens is 326 g/mol. The highest BCUT2D eigenvalue weighted by Gasteiger charge is 2.16. The van der Waals surface area contributed by atoms with Crippen LogP contribution in [0.2, 0.25) is 0 Å². The molecule has 21 heavy (non-hydrogen) atoms. The number of nitrogens with zero attached hydrogens (tertiary/aromatic N) is 3. The predicted molar refractivity (Wildman–Crippen MR) is 89.6 cm³/mol. The Kier molecular flexibility index (Phi) is 3.81. The first kappa shape index (κ1) is 14.3. The van der Waals surface area contributed by atoms with Crippen molar-refractivity contribution in [2.45, 2.75) is 33.2 Å². The largest absolute Gasteiger partial charge is 0.243 e. The van der Waals surface area contributed by atoms with E-state index in [-0.39, 0.29) is 0 Å². The van der Waals surface area contributed by atoms with Crippen molar-refractivity contribution in [1.82, 2.24) is 14.8 Å². The first-order valence-corrected chi connectivity index (χ1v) is 7.93. The van der Waals surface area contributed by atoms with Gasteiger partial charge in [0.05, 0.1) is 12.2 Å². The number of hydrogen-bond donors (Lipinski definition) is 0. The van der Waals surface area contributed by atoms with Crippen molar-refractivity contribution in [1.29, 1.82) is 0 Å². The zero-order chi connectivity index (χ0) is 15.0. The molecule has 0 N–H and O–H groups in total. The van der Waals surface area contributed by atoms with Crippen molar-refractivity contribution in [2.24, 2.45) is 0 Å². The molecule has 0 aliphatic heterocycles. The van der Waals surface area contributed by atoms with Crippen LogP contribution in [0.5, 0.6) is 0 Å². The van der Waals surface area contributed by atoms with E-state index in [9.17, 15) is 0 Å². The van der Waals surface area contributed by atoms with Gasteiger partial charge in [-0.2, -0.15) is 5.10 Å². The fourth-order valence-corrected chi connectivity index (χ4v) is 3.09. The summed E-state index contributed by atoms with van der Waals surface area (Å²) in [6.07, 6.45) is 0. The Balaban J connectivity index is 2.17. The van der Waals surface area contributed by atoms with E-state index in [1.807, 2.05) is 10.7 Å². The zero-order valence-electron chi connectivity index (χ0n) is 12.5. The molecule has 0 saturated heterocycles. The molecule has 0 spiro atoms. The third-order valence-electron chi connectivity index (χ3n) is 3.67. The molecule has 0 saturated carbocycles. The molecule has 1 aromatic carbocycles. The Labute approximate surface area is 133 Å². The zero-order valence-corrected chi connectivity index (χ0v) is 14.1. The molecule has 0 unspecified atom stereocenters. The van der Waals surface area contributed by atoms with E-state index in [4.69, 9.17) is 5.10 Å². The predicted octanol–water partition coefficient (Wildman–Crippen LogP) is 4.67. The molecule has 3 aromatic rings. The lowest BCUT2D eigenvalue weighted by Gasteiger charge is -2.09. The van der Waals surface area contributed by atoms with Crippen LogP contribution in [-0.2, 0) is 6.54 Å². The smallest absolute Gasteiger partial charge is 0.159 e. The van der Waals surface area contributed by atoms with E-state index in [0.29, 0.717) is 5.92 Å². The Morgan fingerprint density at radius 2 is 1.90 bits per heavy atom. The van der Waals surface area contributed by atoms with Crippen LogP contribution in [0.25, 0.3) is 11.0 Å². The van der Waals surface area contributed by atoms with Gasteiger partial charge >= 0.3 is 0 Å². The van der Waals surface area contributed by atoms with Crippen molar-refractivity contribution in [2.75, 3.05) is 0 Å². The molecule has 0 bridgehead atoms. The van der Waals surface area contributed by atoms with Crippen molar-refractivity contribution >= 4 is 27.0 Å². The molecule has 0 atom stereocenters. The Morgan fingerprint density at radius 1 is 1.19 bits per heavy atom. The molecule has 0 aliphatic carbocycles. The van der Waals surface area contributed by atoms with Gasteiger partial charge in [0.1, 0.15) is 4.60 Å². The number of fused-ring (bicyclic) bond motifs is 1. The monoisotopic (exact) mass is 343 g/mol. The van der Waals surface area contributed by atoms with Crippen LogP contribution >= 0.6 is 15.9 Å². The maximum atomic E-state index is 4.70. The van der Waals surface area contributed by atoms with Crippen LogP contribution in [0.15, 0.2) is 41.0 Å². The summed E-state index contributed by atoms with van der Waals surface area (Å²) < 4.78 is 2.87. The fraction of sp³-hybridized carbons (Fsp3) is 0.294. The summed E-state index contributed by atoms with van der Waals surface area (Å²) in [5.74, 6) is 0.444. The first-order chi connectivity index (χ1) is 10.1. The number of aromatic nitrogens is 3. The highest BCUT2D eigenvalue weighted by molar-refractivity contribution is 9.10. The van der Waals surface area contributed by atoms with Crippen LogP contribution in [-0.4, -0.2) is 14.8 Å². The lowest BCUT2D eigenvalue weighted by Crippen LogP contribution is -2.03. The van der Waals surface area contributed by atoms with Crippen LogP contribution in [0.1, 0.15) is 36.6 Å². The van der Waals surface area contributed by atoms with Crippen LogP contribution in [0.4, 0.5) is 0 Å². The molecule has 0 aliphatic rings. The summed E-state index contributed by atoms with van der Waals surface area (Å²) in [5.41, 5.74) is 4.53. The lowest BCUT2D eigenvalue weighted by atomic mass is 10.0. The van der Waals surface area contributed by atoms with Gasteiger partial charge in [-0.3, -0.25) is 0 Å². The third-order valence-corrected chi connectivity index (χ3v) is 4.08. The molecule has 108 valence electrons. The van der Waals surface area contributed by atoms with Gasteiger partial charge in [0.15, 0.2) is 5.65 Å². The minimum Gasteiger partial charge on any atom is -0.243 e. The second-order valence-electron chi connectivity index (χ2n) is 5.62. The summed E-state index contributed by atoms with van der Waals surface area (Å²) in [5, 5.41) is 5.89. The van der Waals surface area contributed by atoms with Crippen LogP contribution < -0.4 is 0 Å². The molecule has 2 aromatic heterocycles. The van der Waals surface area contributed by atoms with Gasteiger partial charge in [0.25, 0.3) is 0 Å². The summed E-state index contributed by atoms with van der Waals surface area (Å²) in [6, 6.07) is 12.5. The SMILES string of the molecule is Cc1nn(Cc2ccccc2)c2nc(Br)cc(C(C)C)c12. The number of pyridine rings is 1. The van der Waals surface area contributed by atoms with Crippen molar-refractivity contribution in [3.8, 4) is 0 Å². The van der Waals surface area contributed by atoms with Gasteiger partial charge in [-0.05, 0) is 46.0 Å². The number of aryl methyl sites for hydroxylation is 1. The van der Waals surface area contributed by atoms with Crippen molar-refractivity contribution in [3.05, 3.63) is 57.8 Å². The van der Waals surface area contributed by atoms with E-state index in [1.54, 1.807) is 0 Å². The summed E-state index contributed by atoms with van der Waals surface area (Å²) >= 11 is 3.53. The first-order valence-electron chi connectivity index (χ1n) is 7.13. The third kappa shape index (κ3) is 2.72. The Morgan fingerprint density at radius 3 is 2.57 bits per heavy atom. The standard InChI is InChI=1S/C17H18BrN3/c1-11(2)14-9-15(18)19-17-16(14)12(3)20-21(17)10-13-7-5-4-6-8-13/h4-9,11H,10H2,1-3H3. The van der Waals surface area contributed by atoms with E-state index < -0.39 is 0 Å². The maximum absolute atomic E-state index is 4.70. The quantitative estimate of drug-likeness (QED) is 0.646. The van der Waals surface area contributed by atoms with Crippen molar-refractivity contribution in [3.63, 3.8) is 0 Å². The van der Waals surface area contributed by atoms with Crippen LogP contribution in [0, 0.1) is 6.92 Å². The van der Waals surface area contributed by atoms with Gasteiger partial charge in [-0.15, -0.1) is 0 Å². The molecule has 0 radical (unpaired) electrons. The highest BCUT2D eigenvalue weighted by atomic mass is 79.9. The highest BCUT2D eigenvalue weighted by Crippen LogP contribution is 2.29. The number of rotatable bonds is 3. The molecule has 0 amide bonds. The maximum Gasteiger partial charge on any atom is 0.159 e. The Hall–Kier alpha value is -1.68. The van der Waals surface area contributed by atoms with Gasteiger partial charge in [0, 0.05) is 5.39 Å². The topological polar surface area (TPSA) is 30.7 Å². The van der Waals surface area contributed by atoms with Crippen molar-refractivity contribution < 1.29 is 0 Å². The second-order valence-corrected chi connectivity index (χ2v) is 6.43. The van der Waals surface area contributed by atoms with Gasteiger partial charge in [0.2, 0.25) is 0 Å². The van der Waals surface area contributed by atoms with Gasteiger partial charge in [-0.1, -0.05) is 44.2 Å². The molecule has 3 nitrogen and oxygen atoms in total. The summed E-state index contributed by atoms with van der Waals surface area (Å²) in [6.45, 7) is 7.21. The second kappa shape index (κ2) is 5.60. The Bertz CT molecular complexity index is 776. The number of benzene rings is 1. The summed E-state index contributed by atoms with van der Waals surface area (Å²) in [4.78, 5) is 4.65. The number of hydrogen-bond acceptors (Lipinski definition) is 2. The molecule has 0 fully saturated rings. The normalized spacial score (nSPS) is 11.5. The lowest BCUT2D eigenvalue weighted by molar-refractivity contribution is 0.695. The molecule has 3 rings (SSSR count). The molecular formula is C17H18BrN3. The van der Waals surface area contributed by atoms with E-state index in [2.05, 4.69) is 72.0 Å². The number of halogens is 1. The van der Waals surface area contributed by atoms with E-state index in [0.717, 1.165) is 22.5 Å². The minimum atomic E-state index is 0.444. The molecule has 2 heterocycles. The average molecular weight is 344 g/mol. The minimum absolute atomic E-state index is 0.444. The van der Waals surface area contributed by atoms with Gasteiger partial charge in [-0.25, -0.2) is 9.67 Å². The fourth-order valence-electron chi connectivity index (χ4n) is 2.68.